The van der Waals surface area contributed by atoms with E-state index in [1.165, 1.54) is 12.1 Å². The van der Waals surface area contributed by atoms with Gasteiger partial charge >= 0.3 is 0 Å². The number of nitrogens with zero attached hydrogens (tertiary/aromatic N) is 2. The fourth-order valence-electron chi connectivity index (χ4n) is 2.16. The first-order chi connectivity index (χ1) is 9.60. The second-order valence-corrected chi connectivity index (χ2v) is 5.17. The monoisotopic (exact) mass is 335 g/mol. The molecule has 0 bridgehead atoms. The smallest absolute Gasteiger partial charge is 0.206 e. The molecule has 0 aliphatic carbocycles. The van der Waals surface area contributed by atoms with Crippen LogP contribution < -0.4 is 10.5 Å². The van der Waals surface area contributed by atoms with Gasteiger partial charge in [0, 0.05) is 10.5 Å². The largest absolute Gasteiger partial charge is 0.495 e. The topological polar surface area (TPSA) is 53.1 Å². The van der Waals surface area contributed by atoms with Crippen molar-refractivity contribution in [2.75, 3.05) is 12.8 Å². The van der Waals surface area contributed by atoms with Gasteiger partial charge in [0.15, 0.2) is 0 Å². The summed E-state index contributed by atoms with van der Waals surface area (Å²) in [6, 6.07) is 9.88. The number of anilines is 1. The van der Waals surface area contributed by atoms with Gasteiger partial charge in [0.25, 0.3) is 0 Å². The van der Waals surface area contributed by atoms with Crippen molar-refractivity contribution in [2.24, 2.45) is 0 Å². The summed E-state index contributed by atoms with van der Waals surface area (Å²) in [7, 11) is 1.57. The summed E-state index contributed by atoms with van der Waals surface area (Å²) in [6.45, 7) is 0. The van der Waals surface area contributed by atoms with E-state index >= 15 is 0 Å². The number of hydrogen-bond donors (Lipinski definition) is 1. The molecule has 2 N–H and O–H groups in total. The highest BCUT2D eigenvalue weighted by Gasteiger charge is 2.14. The average molecular weight is 336 g/mol. The van der Waals surface area contributed by atoms with E-state index in [1.54, 1.807) is 17.7 Å². The molecular formula is C14H11BrFN3O. The number of benzene rings is 2. The molecule has 3 aromatic rings. The molecule has 1 aromatic heterocycles. The fourth-order valence-corrected chi connectivity index (χ4v) is 2.51. The number of aromatic nitrogens is 2. The molecule has 0 spiro atoms. The van der Waals surface area contributed by atoms with Crippen molar-refractivity contribution in [3.8, 4) is 11.4 Å². The van der Waals surface area contributed by atoms with Crippen molar-refractivity contribution < 1.29 is 9.13 Å². The summed E-state index contributed by atoms with van der Waals surface area (Å²) in [5.74, 6) is 0.568. The van der Waals surface area contributed by atoms with Crippen LogP contribution in [-0.2, 0) is 0 Å². The molecule has 0 saturated carbocycles. The maximum atomic E-state index is 13.5. The van der Waals surface area contributed by atoms with Crippen molar-refractivity contribution in [3.05, 3.63) is 46.7 Å². The van der Waals surface area contributed by atoms with Crippen LogP contribution in [0.2, 0.25) is 0 Å². The predicted molar refractivity (Wildman–Crippen MR) is 79.7 cm³/mol. The van der Waals surface area contributed by atoms with Crippen LogP contribution in [0, 0.1) is 5.82 Å². The Morgan fingerprint density at radius 2 is 2.05 bits per heavy atom. The number of imidazole rings is 1. The van der Waals surface area contributed by atoms with Gasteiger partial charge in [-0.05, 0) is 30.3 Å². The number of hydrogen-bond acceptors (Lipinski definition) is 3. The Balaban J connectivity index is 2.37. The predicted octanol–water partition coefficient (Wildman–Crippen LogP) is 3.52. The maximum Gasteiger partial charge on any atom is 0.206 e. The number of halogens is 2. The average Bonchev–Trinajstić information content (AvgIpc) is 2.74. The van der Waals surface area contributed by atoms with Gasteiger partial charge in [0.1, 0.15) is 11.6 Å². The molecule has 0 saturated heterocycles. The number of fused-ring (bicyclic) bond motifs is 1. The zero-order valence-electron chi connectivity index (χ0n) is 10.6. The van der Waals surface area contributed by atoms with E-state index in [2.05, 4.69) is 20.9 Å². The van der Waals surface area contributed by atoms with Crippen LogP contribution in [-0.4, -0.2) is 16.7 Å². The van der Waals surface area contributed by atoms with Crippen molar-refractivity contribution in [1.82, 2.24) is 9.55 Å². The Hall–Kier alpha value is -2.08. The van der Waals surface area contributed by atoms with Crippen LogP contribution in [0.5, 0.6) is 5.75 Å². The Morgan fingerprint density at radius 1 is 1.25 bits per heavy atom. The SMILES string of the molecule is COc1ccc(Br)cc1-n1c(N)nc2ccc(F)cc21. The molecule has 0 aliphatic heterocycles. The molecule has 3 rings (SSSR count). The van der Waals surface area contributed by atoms with Gasteiger partial charge in [0.05, 0.1) is 23.8 Å². The number of ether oxygens (including phenoxy) is 1. The molecule has 1 heterocycles. The highest BCUT2D eigenvalue weighted by molar-refractivity contribution is 9.10. The summed E-state index contributed by atoms with van der Waals surface area (Å²) in [6.07, 6.45) is 0. The lowest BCUT2D eigenvalue weighted by Gasteiger charge is -2.12. The van der Waals surface area contributed by atoms with Crippen LogP contribution in [0.3, 0.4) is 0 Å². The van der Waals surface area contributed by atoms with E-state index in [9.17, 15) is 4.39 Å². The maximum absolute atomic E-state index is 13.5. The standard InChI is InChI=1S/C14H11BrFN3O/c1-20-13-5-2-8(15)6-12(13)19-11-7-9(16)3-4-10(11)18-14(19)17/h2-7H,1H3,(H2,17,18). The van der Waals surface area contributed by atoms with Crippen molar-refractivity contribution in [3.63, 3.8) is 0 Å². The van der Waals surface area contributed by atoms with Gasteiger partial charge in [-0.25, -0.2) is 9.37 Å². The number of rotatable bonds is 2. The van der Waals surface area contributed by atoms with E-state index in [0.29, 0.717) is 22.5 Å². The first-order valence-electron chi connectivity index (χ1n) is 5.87. The number of nitrogens with two attached hydrogens (primary N) is 1. The van der Waals surface area contributed by atoms with E-state index in [-0.39, 0.29) is 11.8 Å². The van der Waals surface area contributed by atoms with Crippen LogP contribution in [0.15, 0.2) is 40.9 Å². The van der Waals surface area contributed by atoms with Crippen molar-refractivity contribution in [2.45, 2.75) is 0 Å². The Morgan fingerprint density at radius 3 is 2.80 bits per heavy atom. The molecule has 6 heteroatoms. The Kier molecular flexibility index (Phi) is 3.10. The summed E-state index contributed by atoms with van der Waals surface area (Å²) in [5, 5.41) is 0. The normalized spacial score (nSPS) is 10.9. The summed E-state index contributed by atoms with van der Waals surface area (Å²) in [4.78, 5) is 4.24. The molecule has 0 aliphatic rings. The van der Waals surface area contributed by atoms with Gasteiger partial charge in [-0.2, -0.15) is 0 Å². The summed E-state index contributed by atoms with van der Waals surface area (Å²) >= 11 is 3.41. The lowest BCUT2D eigenvalue weighted by molar-refractivity contribution is 0.413. The lowest BCUT2D eigenvalue weighted by Crippen LogP contribution is -2.03. The third-order valence-electron chi connectivity index (χ3n) is 3.02. The molecule has 0 fully saturated rings. The minimum Gasteiger partial charge on any atom is -0.495 e. The number of methoxy groups -OCH3 is 1. The molecular weight excluding hydrogens is 325 g/mol. The van der Waals surface area contributed by atoms with E-state index in [0.717, 1.165) is 4.47 Å². The van der Waals surface area contributed by atoms with Gasteiger partial charge in [-0.3, -0.25) is 4.57 Å². The van der Waals surface area contributed by atoms with E-state index in [4.69, 9.17) is 10.5 Å². The molecule has 2 aromatic carbocycles. The van der Waals surface area contributed by atoms with E-state index in [1.807, 2.05) is 18.2 Å². The first-order valence-corrected chi connectivity index (χ1v) is 6.67. The Labute approximate surface area is 123 Å². The second kappa shape index (κ2) is 4.79. The third-order valence-corrected chi connectivity index (χ3v) is 3.52. The quantitative estimate of drug-likeness (QED) is 0.779. The van der Waals surface area contributed by atoms with Gasteiger partial charge in [-0.1, -0.05) is 15.9 Å². The Bertz CT molecular complexity index is 800. The molecule has 4 nitrogen and oxygen atoms in total. The summed E-state index contributed by atoms with van der Waals surface area (Å²) in [5.41, 5.74) is 7.90. The molecule has 102 valence electrons. The van der Waals surface area contributed by atoms with Gasteiger partial charge in [-0.15, -0.1) is 0 Å². The van der Waals surface area contributed by atoms with Crippen molar-refractivity contribution >= 4 is 32.9 Å². The van der Waals surface area contributed by atoms with E-state index < -0.39 is 0 Å². The third kappa shape index (κ3) is 2.02. The highest BCUT2D eigenvalue weighted by Crippen LogP contribution is 2.32. The molecule has 20 heavy (non-hydrogen) atoms. The van der Waals surface area contributed by atoms with Crippen molar-refractivity contribution in [1.29, 1.82) is 0 Å². The second-order valence-electron chi connectivity index (χ2n) is 4.25. The van der Waals surface area contributed by atoms with Crippen LogP contribution >= 0.6 is 15.9 Å². The molecule has 0 radical (unpaired) electrons. The lowest BCUT2D eigenvalue weighted by atomic mass is 10.2. The minimum atomic E-state index is -0.340. The van der Waals surface area contributed by atoms with Crippen LogP contribution in [0.4, 0.5) is 10.3 Å². The molecule has 0 unspecified atom stereocenters. The molecule has 0 atom stereocenters. The highest BCUT2D eigenvalue weighted by atomic mass is 79.9. The van der Waals surface area contributed by atoms with Crippen LogP contribution in [0.25, 0.3) is 16.7 Å². The van der Waals surface area contributed by atoms with Crippen LogP contribution in [0.1, 0.15) is 0 Å². The summed E-state index contributed by atoms with van der Waals surface area (Å²) < 4.78 is 21.4. The minimum absolute atomic E-state index is 0.280. The molecule has 0 amide bonds. The zero-order chi connectivity index (χ0) is 14.3. The fraction of sp³-hybridized carbons (Fsp3) is 0.0714. The first kappa shape index (κ1) is 12.9. The zero-order valence-corrected chi connectivity index (χ0v) is 12.2. The van der Waals surface area contributed by atoms with Gasteiger partial charge in [0.2, 0.25) is 5.95 Å². The number of nitrogen functional groups attached to an aromatic ring is 1. The van der Waals surface area contributed by atoms with Gasteiger partial charge < -0.3 is 10.5 Å².